The number of rotatable bonds is 9. The van der Waals surface area contributed by atoms with Crippen LogP contribution in [0.3, 0.4) is 0 Å². The summed E-state index contributed by atoms with van der Waals surface area (Å²) in [5.74, 6) is -2.11. The number of hydrogen-bond donors (Lipinski definition) is 2. The molecule has 0 amide bonds. The minimum atomic E-state index is -1.05. The third-order valence-electron chi connectivity index (χ3n) is 4.99. The van der Waals surface area contributed by atoms with Gasteiger partial charge in [-0.15, -0.1) is 0 Å². The highest BCUT2D eigenvalue weighted by Crippen LogP contribution is 2.30. The van der Waals surface area contributed by atoms with Crippen LogP contribution >= 0.6 is 0 Å². The molecule has 0 aliphatic heterocycles. The van der Waals surface area contributed by atoms with Gasteiger partial charge in [0.25, 0.3) is 0 Å². The second kappa shape index (κ2) is 7.62. The topological polar surface area (TPSA) is 74.6 Å². The van der Waals surface area contributed by atoms with Crippen molar-refractivity contribution in [3.8, 4) is 0 Å². The molecule has 6 nitrogen and oxygen atoms in total. The molecule has 0 aromatic rings. The number of quaternary nitrogens is 2. The van der Waals surface area contributed by atoms with Crippen LogP contribution in [0.4, 0.5) is 0 Å². The molecule has 0 aliphatic rings. The van der Waals surface area contributed by atoms with Crippen molar-refractivity contribution in [1.29, 1.82) is 0 Å². The minimum absolute atomic E-state index is 0.0680. The summed E-state index contributed by atoms with van der Waals surface area (Å²) in [7, 11) is 7.32. The average molecular weight is 361 g/mol. The second-order valence-corrected chi connectivity index (χ2v) is 10.5. The maximum atomic E-state index is 12.2. The molecule has 148 valence electrons. The van der Waals surface area contributed by atoms with Gasteiger partial charge in [0.15, 0.2) is 0 Å². The molecular weight excluding hydrogens is 320 g/mol. The number of carboxylic acids is 2. The fraction of sp³-hybridized carbons (Fsp3) is 0.895. The van der Waals surface area contributed by atoms with Gasteiger partial charge in [0.2, 0.25) is 12.1 Å². The van der Waals surface area contributed by atoms with E-state index >= 15 is 0 Å². The van der Waals surface area contributed by atoms with Crippen LogP contribution < -0.4 is 0 Å². The zero-order valence-corrected chi connectivity index (χ0v) is 17.9. The summed E-state index contributed by atoms with van der Waals surface area (Å²) in [5, 5.41) is 19.9. The molecular formula is C19H40N2O4+2. The van der Waals surface area contributed by atoms with Gasteiger partial charge in [0, 0.05) is 10.8 Å². The van der Waals surface area contributed by atoms with Crippen molar-refractivity contribution in [2.45, 2.75) is 60.0 Å². The van der Waals surface area contributed by atoms with Crippen LogP contribution in [-0.4, -0.2) is 84.5 Å². The molecule has 0 bridgehead atoms. The van der Waals surface area contributed by atoms with Crippen LogP contribution in [0.5, 0.6) is 0 Å². The number of hydrogen-bond acceptors (Lipinski definition) is 2. The van der Waals surface area contributed by atoms with E-state index in [0.29, 0.717) is 13.1 Å². The first-order chi connectivity index (χ1) is 10.9. The zero-order chi connectivity index (χ0) is 20.4. The molecule has 0 rings (SSSR count). The van der Waals surface area contributed by atoms with E-state index in [-0.39, 0.29) is 19.8 Å². The average Bonchev–Trinajstić information content (AvgIpc) is 2.29. The van der Waals surface area contributed by atoms with Crippen molar-refractivity contribution < 1.29 is 28.8 Å². The molecule has 0 saturated carbocycles. The Hall–Kier alpha value is -1.14. The zero-order valence-electron chi connectivity index (χ0n) is 17.9. The van der Waals surface area contributed by atoms with Gasteiger partial charge in [-0.05, 0) is 6.42 Å². The molecule has 0 aromatic carbocycles. The van der Waals surface area contributed by atoms with Crippen LogP contribution in [0.1, 0.15) is 48.0 Å². The lowest BCUT2D eigenvalue weighted by Crippen LogP contribution is -2.71. The van der Waals surface area contributed by atoms with Gasteiger partial charge in [-0.1, -0.05) is 41.5 Å². The Kier molecular flexibility index (Phi) is 7.27. The summed E-state index contributed by atoms with van der Waals surface area (Å²) in [6, 6.07) is -2.06. The van der Waals surface area contributed by atoms with Gasteiger partial charge in [0.1, 0.15) is 0 Å². The quantitative estimate of drug-likeness (QED) is 0.620. The molecule has 0 radical (unpaired) electrons. The second-order valence-electron chi connectivity index (χ2n) is 10.5. The largest absolute Gasteiger partial charge is 0.477 e. The van der Waals surface area contributed by atoms with Gasteiger partial charge < -0.3 is 19.2 Å². The molecule has 0 fully saturated rings. The van der Waals surface area contributed by atoms with Crippen LogP contribution in [0.2, 0.25) is 0 Å². The van der Waals surface area contributed by atoms with E-state index in [1.54, 1.807) is 0 Å². The van der Waals surface area contributed by atoms with Gasteiger partial charge in [-0.2, -0.15) is 0 Å². The molecule has 0 aliphatic carbocycles. The third-order valence-corrected chi connectivity index (χ3v) is 4.99. The Bertz CT molecular complexity index is 490. The summed E-state index contributed by atoms with van der Waals surface area (Å²) in [4.78, 5) is 24.4. The Morgan fingerprint density at radius 2 is 1.12 bits per heavy atom. The minimum Gasteiger partial charge on any atom is -0.477 e. The molecule has 2 atom stereocenters. The van der Waals surface area contributed by atoms with Crippen molar-refractivity contribution in [2.24, 2.45) is 10.8 Å². The van der Waals surface area contributed by atoms with Crippen molar-refractivity contribution in [1.82, 2.24) is 0 Å². The lowest BCUT2D eigenvalue weighted by Gasteiger charge is -2.47. The van der Waals surface area contributed by atoms with E-state index in [0.717, 1.165) is 6.42 Å². The summed E-state index contributed by atoms with van der Waals surface area (Å²) in [6.07, 6.45) is 0.902. The van der Waals surface area contributed by atoms with Crippen molar-refractivity contribution in [3.05, 3.63) is 0 Å². The maximum Gasteiger partial charge on any atom is 0.369 e. The predicted octanol–water partition coefficient (Wildman–Crippen LogP) is 2.53. The Morgan fingerprint density at radius 3 is 1.36 bits per heavy atom. The summed E-state index contributed by atoms with van der Waals surface area (Å²) in [6.45, 7) is 13.6. The van der Waals surface area contributed by atoms with Gasteiger partial charge in [-0.25, -0.2) is 9.59 Å². The maximum absolute atomic E-state index is 12.2. The van der Waals surface area contributed by atoms with Crippen LogP contribution in [-0.2, 0) is 9.59 Å². The first kappa shape index (κ1) is 23.9. The smallest absolute Gasteiger partial charge is 0.369 e. The summed E-state index contributed by atoms with van der Waals surface area (Å²) >= 11 is 0. The normalized spacial score (nSPS) is 16.4. The highest BCUT2D eigenvalue weighted by atomic mass is 16.4. The highest BCUT2D eigenvalue weighted by molar-refractivity contribution is 5.83. The molecule has 25 heavy (non-hydrogen) atoms. The van der Waals surface area contributed by atoms with Gasteiger partial charge in [0.05, 0.1) is 41.3 Å². The molecule has 0 saturated heterocycles. The van der Waals surface area contributed by atoms with Crippen molar-refractivity contribution >= 4 is 11.9 Å². The van der Waals surface area contributed by atoms with E-state index in [2.05, 4.69) is 20.8 Å². The Morgan fingerprint density at radius 1 is 0.800 bits per heavy atom. The molecule has 2 unspecified atom stereocenters. The lowest BCUT2D eigenvalue weighted by atomic mass is 9.86. The van der Waals surface area contributed by atoms with Crippen molar-refractivity contribution in [2.75, 3.05) is 41.3 Å². The molecule has 0 spiro atoms. The SMILES string of the molecule is CCC(C)(C)C[N+](C)(C)C(C(=O)O)C(C(=O)O)[N+](C)(C)CC(C)(C)C. The predicted molar refractivity (Wildman–Crippen MR) is 100 cm³/mol. The van der Waals surface area contributed by atoms with E-state index in [1.165, 1.54) is 0 Å². The van der Waals surface area contributed by atoms with Crippen LogP contribution in [0, 0.1) is 10.8 Å². The number of nitrogens with zero attached hydrogens (tertiary/aromatic N) is 2. The lowest BCUT2D eigenvalue weighted by molar-refractivity contribution is -0.975. The number of aliphatic carboxylic acids is 2. The van der Waals surface area contributed by atoms with Gasteiger partial charge >= 0.3 is 11.9 Å². The molecule has 6 heteroatoms. The van der Waals surface area contributed by atoms with Crippen molar-refractivity contribution in [3.63, 3.8) is 0 Å². The first-order valence-corrected chi connectivity index (χ1v) is 8.97. The summed E-state index contributed by atoms with van der Waals surface area (Å²) < 4.78 is 0.267. The van der Waals surface area contributed by atoms with Crippen LogP contribution in [0.25, 0.3) is 0 Å². The number of carboxylic acid groups (broad SMARTS) is 2. The fourth-order valence-corrected chi connectivity index (χ4v) is 4.27. The third kappa shape index (κ3) is 6.94. The fourth-order valence-electron chi connectivity index (χ4n) is 4.27. The molecule has 0 heterocycles. The van der Waals surface area contributed by atoms with E-state index < -0.39 is 24.0 Å². The van der Waals surface area contributed by atoms with Crippen LogP contribution in [0.15, 0.2) is 0 Å². The Labute approximate surface area is 153 Å². The number of likely N-dealkylation sites (N-methyl/N-ethyl adjacent to an activating group) is 2. The van der Waals surface area contributed by atoms with Gasteiger partial charge in [-0.3, -0.25) is 0 Å². The number of carbonyl (C=O) groups is 2. The van der Waals surface area contributed by atoms with E-state index in [9.17, 15) is 19.8 Å². The molecule has 0 aromatic heterocycles. The Balaban J connectivity index is 6.08. The standard InChI is InChI=1S/C19H38N2O4/c1-11-19(5,6)13-21(9,10)15(17(24)25)14(16(22)23)20(7,8)12-18(2,3)4/h14-15H,11-13H2,1-10H3/p+2. The monoisotopic (exact) mass is 360 g/mol. The first-order valence-electron chi connectivity index (χ1n) is 8.97. The molecule has 2 N–H and O–H groups in total. The highest BCUT2D eigenvalue weighted by Gasteiger charge is 2.55. The summed E-state index contributed by atoms with van der Waals surface area (Å²) in [5.41, 5.74) is -0.179. The van der Waals surface area contributed by atoms with E-state index in [4.69, 9.17) is 0 Å². The van der Waals surface area contributed by atoms with E-state index in [1.807, 2.05) is 49.0 Å².